The maximum atomic E-state index is 5.89. The van der Waals surface area contributed by atoms with Gasteiger partial charge in [-0.3, -0.25) is 0 Å². The van der Waals surface area contributed by atoms with Crippen LogP contribution in [-0.2, 0) is 0 Å². The third-order valence-corrected chi connectivity index (χ3v) is 3.25. The molecule has 0 radical (unpaired) electrons. The Labute approximate surface area is 131 Å². The van der Waals surface area contributed by atoms with Crippen molar-refractivity contribution >= 4 is 17.4 Å². The van der Waals surface area contributed by atoms with Crippen LogP contribution in [0.4, 0.5) is 5.82 Å². The quantitative estimate of drug-likeness (QED) is 0.767. The van der Waals surface area contributed by atoms with Gasteiger partial charge in [0.05, 0.1) is 6.61 Å². The van der Waals surface area contributed by atoms with E-state index >= 15 is 0 Å². The molecule has 1 aromatic carbocycles. The molecule has 0 saturated heterocycles. The summed E-state index contributed by atoms with van der Waals surface area (Å²) in [6, 6.07) is 13.8. The topological polar surface area (TPSA) is 34.1 Å². The Morgan fingerprint density at radius 2 is 1.81 bits per heavy atom. The summed E-state index contributed by atoms with van der Waals surface area (Å²) in [4.78, 5) is 4.23. The van der Waals surface area contributed by atoms with Gasteiger partial charge in [-0.1, -0.05) is 43.6 Å². The number of nitrogens with one attached hydrogen (secondary N) is 1. The molecule has 0 aliphatic heterocycles. The number of benzene rings is 1. The summed E-state index contributed by atoms with van der Waals surface area (Å²) >= 11 is 5.89. The lowest BCUT2D eigenvalue weighted by Crippen LogP contribution is -2.08. The van der Waals surface area contributed by atoms with Crippen molar-refractivity contribution in [3.05, 3.63) is 53.2 Å². The van der Waals surface area contributed by atoms with Gasteiger partial charge in [0.15, 0.2) is 0 Å². The van der Waals surface area contributed by atoms with Crippen LogP contribution >= 0.6 is 11.6 Å². The van der Waals surface area contributed by atoms with Gasteiger partial charge in [-0.25, -0.2) is 4.98 Å². The Hall–Kier alpha value is -1.74. The van der Waals surface area contributed by atoms with Crippen LogP contribution in [0.1, 0.15) is 32.4 Å². The van der Waals surface area contributed by atoms with Gasteiger partial charge in [-0.2, -0.15) is 0 Å². The Morgan fingerprint density at radius 3 is 2.43 bits per heavy atom. The molecule has 2 aromatic rings. The smallest absolute Gasteiger partial charge is 0.131 e. The van der Waals surface area contributed by atoms with Gasteiger partial charge in [-0.15, -0.1) is 0 Å². The standard InChI is InChI=1S/C17H21ClN2O/c1-12(2)11-21-15-9-7-14(8-10-15)13(3)19-17-6-4-5-16(18)20-17/h4-10,12-13H,11H2,1-3H3,(H,19,20). The van der Waals surface area contributed by atoms with E-state index in [2.05, 4.69) is 43.2 Å². The molecule has 1 atom stereocenters. The first-order chi connectivity index (χ1) is 10.0. The molecule has 0 bridgehead atoms. The van der Waals surface area contributed by atoms with Gasteiger partial charge in [0.2, 0.25) is 0 Å². The van der Waals surface area contributed by atoms with E-state index in [9.17, 15) is 0 Å². The molecule has 1 unspecified atom stereocenters. The second-order valence-electron chi connectivity index (χ2n) is 5.49. The van der Waals surface area contributed by atoms with E-state index in [0.717, 1.165) is 18.2 Å². The lowest BCUT2D eigenvalue weighted by atomic mass is 10.1. The molecule has 3 nitrogen and oxygen atoms in total. The van der Waals surface area contributed by atoms with Crippen molar-refractivity contribution in [3.8, 4) is 5.75 Å². The van der Waals surface area contributed by atoms with Crippen molar-refractivity contribution in [2.24, 2.45) is 5.92 Å². The van der Waals surface area contributed by atoms with Gasteiger partial charge < -0.3 is 10.1 Å². The van der Waals surface area contributed by atoms with Crippen LogP contribution in [0.2, 0.25) is 5.15 Å². The SMILES string of the molecule is CC(C)COc1ccc(C(C)Nc2cccc(Cl)n2)cc1. The molecule has 0 spiro atoms. The van der Waals surface area contributed by atoms with Gasteiger partial charge in [-0.05, 0) is 42.7 Å². The molecule has 0 aliphatic carbocycles. The van der Waals surface area contributed by atoms with Crippen molar-refractivity contribution < 1.29 is 4.74 Å². The van der Waals surface area contributed by atoms with E-state index in [0.29, 0.717) is 11.1 Å². The second kappa shape index (κ2) is 7.32. The third kappa shape index (κ3) is 4.94. The van der Waals surface area contributed by atoms with Crippen molar-refractivity contribution in [2.45, 2.75) is 26.8 Å². The molecule has 2 rings (SSSR count). The molecule has 112 valence electrons. The summed E-state index contributed by atoms with van der Waals surface area (Å²) in [5, 5.41) is 3.82. The number of ether oxygens (including phenoxy) is 1. The summed E-state index contributed by atoms with van der Waals surface area (Å²) in [5.74, 6) is 2.20. The van der Waals surface area contributed by atoms with Gasteiger partial charge >= 0.3 is 0 Å². The number of anilines is 1. The molecule has 0 aliphatic rings. The number of hydrogen-bond acceptors (Lipinski definition) is 3. The average molecular weight is 305 g/mol. The maximum Gasteiger partial charge on any atom is 0.131 e. The second-order valence-corrected chi connectivity index (χ2v) is 5.87. The summed E-state index contributed by atoms with van der Waals surface area (Å²) in [7, 11) is 0. The van der Waals surface area contributed by atoms with Crippen LogP contribution in [-0.4, -0.2) is 11.6 Å². The molecule has 0 fully saturated rings. The Bertz CT molecular complexity index is 569. The molecule has 0 amide bonds. The fourth-order valence-corrected chi connectivity index (χ4v) is 2.07. The van der Waals surface area contributed by atoms with E-state index in [-0.39, 0.29) is 6.04 Å². The third-order valence-electron chi connectivity index (χ3n) is 3.04. The molecular weight excluding hydrogens is 284 g/mol. The Balaban J connectivity index is 1.97. The van der Waals surface area contributed by atoms with E-state index in [4.69, 9.17) is 16.3 Å². The Kier molecular flexibility index (Phi) is 5.45. The van der Waals surface area contributed by atoms with Crippen LogP contribution < -0.4 is 10.1 Å². The fraction of sp³-hybridized carbons (Fsp3) is 0.353. The molecule has 4 heteroatoms. The number of halogens is 1. The van der Waals surface area contributed by atoms with E-state index in [1.54, 1.807) is 6.07 Å². The highest BCUT2D eigenvalue weighted by molar-refractivity contribution is 6.29. The highest BCUT2D eigenvalue weighted by atomic mass is 35.5. The number of rotatable bonds is 6. The first-order valence-corrected chi connectivity index (χ1v) is 7.54. The molecule has 21 heavy (non-hydrogen) atoms. The number of aromatic nitrogens is 1. The summed E-state index contributed by atoms with van der Waals surface area (Å²) in [6.07, 6.45) is 0. The normalized spacial score (nSPS) is 12.2. The van der Waals surface area contributed by atoms with Crippen molar-refractivity contribution in [1.82, 2.24) is 4.98 Å². The van der Waals surface area contributed by atoms with E-state index in [1.165, 1.54) is 5.56 Å². The van der Waals surface area contributed by atoms with E-state index < -0.39 is 0 Å². The summed E-state index contributed by atoms with van der Waals surface area (Å²) < 4.78 is 5.69. The van der Waals surface area contributed by atoms with Crippen LogP contribution in [0.25, 0.3) is 0 Å². The van der Waals surface area contributed by atoms with Crippen LogP contribution in [0.5, 0.6) is 5.75 Å². The van der Waals surface area contributed by atoms with Crippen molar-refractivity contribution in [3.63, 3.8) is 0 Å². The molecule has 0 saturated carbocycles. The van der Waals surface area contributed by atoms with Crippen LogP contribution in [0, 0.1) is 5.92 Å². The predicted molar refractivity (Wildman–Crippen MR) is 88.1 cm³/mol. The fourth-order valence-electron chi connectivity index (χ4n) is 1.91. The molecule has 1 N–H and O–H groups in total. The van der Waals surface area contributed by atoms with Crippen LogP contribution in [0.3, 0.4) is 0 Å². The monoisotopic (exact) mass is 304 g/mol. The van der Waals surface area contributed by atoms with Crippen LogP contribution in [0.15, 0.2) is 42.5 Å². The van der Waals surface area contributed by atoms with E-state index in [1.807, 2.05) is 24.3 Å². The van der Waals surface area contributed by atoms with Gasteiger partial charge in [0.25, 0.3) is 0 Å². The summed E-state index contributed by atoms with van der Waals surface area (Å²) in [5.41, 5.74) is 1.17. The number of nitrogens with zero attached hydrogens (tertiary/aromatic N) is 1. The van der Waals surface area contributed by atoms with Gasteiger partial charge in [0, 0.05) is 6.04 Å². The number of pyridine rings is 1. The molecule has 1 aromatic heterocycles. The van der Waals surface area contributed by atoms with Crippen molar-refractivity contribution in [2.75, 3.05) is 11.9 Å². The lowest BCUT2D eigenvalue weighted by Gasteiger charge is -2.16. The first kappa shape index (κ1) is 15.6. The lowest BCUT2D eigenvalue weighted by molar-refractivity contribution is 0.271. The average Bonchev–Trinajstić information content (AvgIpc) is 2.45. The summed E-state index contributed by atoms with van der Waals surface area (Å²) in [6.45, 7) is 7.10. The zero-order valence-corrected chi connectivity index (χ0v) is 13.4. The minimum absolute atomic E-state index is 0.148. The molecular formula is C17H21ClN2O. The number of hydrogen-bond donors (Lipinski definition) is 1. The maximum absolute atomic E-state index is 5.89. The first-order valence-electron chi connectivity index (χ1n) is 7.16. The van der Waals surface area contributed by atoms with Gasteiger partial charge in [0.1, 0.15) is 16.7 Å². The highest BCUT2D eigenvalue weighted by Crippen LogP contribution is 2.21. The Morgan fingerprint density at radius 1 is 1.10 bits per heavy atom. The zero-order valence-electron chi connectivity index (χ0n) is 12.6. The zero-order chi connectivity index (χ0) is 15.2. The minimum Gasteiger partial charge on any atom is -0.493 e. The highest BCUT2D eigenvalue weighted by Gasteiger charge is 2.07. The predicted octanol–water partition coefficient (Wildman–Crippen LogP) is 4.94. The molecule has 1 heterocycles. The largest absolute Gasteiger partial charge is 0.493 e. The minimum atomic E-state index is 0.148. The van der Waals surface area contributed by atoms with Crippen molar-refractivity contribution in [1.29, 1.82) is 0 Å².